The van der Waals surface area contributed by atoms with Gasteiger partial charge < -0.3 is 14.8 Å². The summed E-state index contributed by atoms with van der Waals surface area (Å²) in [6.07, 6.45) is 1.05. The number of thiazole rings is 1. The zero-order chi connectivity index (χ0) is 19.5. The van der Waals surface area contributed by atoms with Crippen molar-refractivity contribution in [3.05, 3.63) is 23.2 Å². The monoisotopic (exact) mass is 368 g/mol. The van der Waals surface area contributed by atoms with Gasteiger partial charge in [0, 0.05) is 0 Å². The van der Waals surface area contributed by atoms with Crippen molar-refractivity contribution in [2.24, 2.45) is 0 Å². The first-order chi connectivity index (χ1) is 11.8. The number of rotatable bonds is 5. The van der Waals surface area contributed by atoms with Gasteiger partial charge in [0.05, 0.1) is 23.4 Å². The molecule has 0 amide bonds. The maximum Gasteiger partial charge on any atom is 0.293 e. The van der Waals surface area contributed by atoms with Crippen molar-refractivity contribution in [3.8, 4) is 5.75 Å². The van der Waals surface area contributed by atoms with Gasteiger partial charge in [0.1, 0.15) is 16.4 Å². The number of hydrogen-bond acceptors (Lipinski definition) is 6. The van der Waals surface area contributed by atoms with Crippen molar-refractivity contribution in [3.63, 3.8) is 0 Å². The van der Waals surface area contributed by atoms with E-state index in [1.165, 1.54) is 4.70 Å². The number of nitrogens with zero attached hydrogens (tertiary/aromatic N) is 1. The zero-order valence-corrected chi connectivity index (χ0v) is 17.5. The van der Waals surface area contributed by atoms with Crippen LogP contribution in [0.5, 0.6) is 5.75 Å². The van der Waals surface area contributed by atoms with E-state index in [0.717, 1.165) is 22.7 Å². The summed E-state index contributed by atoms with van der Waals surface area (Å²) < 4.78 is 10.9. The third kappa shape index (κ3) is 8.31. The highest BCUT2D eigenvalue weighted by Crippen LogP contribution is 2.30. The van der Waals surface area contributed by atoms with Crippen molar-refractivity contribution >= 4 is 28.0 Å². The minimum atomic E-state index is -0.318. The minimum Gasteiger partial charge on any atom is -0.497 e. The first-order valence-corrected chi connectivity index (χ1v) is 9.39. The largest absolute Gasteiger partial charge is 0.497 e. The van der Waals surface area contributed by atoms with Crippen LogP contribution < -0.4 is 10.1 Å². The fourth-order valence-electron chi connectivity index (χ4n) is 1.85. The first kappa shape index (κ1) is 23.3. The van der Waals surface area contributed by atoms with Gasteiger partial charge in [0.15, 0.2) is 0 Å². The van der Waals surface area contributed by atoms with Crippen LogP contribution >= 0.6 is 11.3 Å². The summed E-state index contributed by atoms with van der Waals surface area (Å²) in [4.78, 5) is 14.2. The molecular formula is C19H32N2O3S. The lowest BCUT2D eigenvalue weighted by Crippen LogP contribution is -2.17. The van der Waals surface area contributed by atoms with Gasteiger partial charge >= 0.3 is 0 Å². The molecule has 142 valence electrons. The highest BCUT2D eigenvalue weighted by Gasteiger charge is 2.12. The summed E-state index contributed by atoms with van der Waals surface area (Å²) in [6, 6.07) is 6.35. The van der Waals surface area contributed by atoms with Crippen LogP contribution in [0, 0.1) is 0 Å². The summed E-state index contributed by atoms with van der Waals surface area (Å²) >= 11 is 1.73. The highest BCUT2D eigenvalue weighted by molar-refractivity contribution is 7.18. The lowest BCUT2D eigenvalue weighted by Gasteiger charge is -2.14. The molecule has 1 unspecified atom stereocenters. The zero-order valence-electron chi connectivity index (χ0n) is 16.7. The number of aromatic nitrogens is 1. The second kappa shape index (κ2) is 11.8. The highest BCUT2D eigenvalue weighted by atomic mass is 32.1. The van der Waals surface area contributed by atoms with Gasteiger partial charge in [0.2, 0.25) is 0 Å². The van der Waals surface area contributed by atoms with Crippen LogP contribution in [0.15, 0.2) is 18.2 Å². The van der Waals surface area contributed by atoms with E-state index in [0.29, 0.717) is 12.5 Å². The number of carbonyl (C=O) groups excluding carboxylic acids is 1. The molecule has 1 aromatic carbocycles. The molecule has 0 bridgehead atoms. The Hall–Kier alpha value is -1.66. The number of hydrogen-bond donors (Lipinski definition) is 1. The predicted molar refractivity (Wildman–Crippen MR) is 107 cm³/mol. The molecule has 1 N–H and O–H groups in total. The van der Waals surface area contributed by atoms with Crippen LogP contribution in [0.25, 0.3) is 10.2 Å². The van der Waals surface area contributed by atoms with Crippen molar-refractivity contribution in [1.29, 1.82) is 0 Å². The summed E-state index contributed by atoms with van der Waals surface area (Å²) in [5.74, 6) is 0.889. The molecule has 1 heterocycles. The summed E-state index contributed by atoms with van der Waals surface area (Å²) in [5, 5.41) is 4.42. The number of carbonyl (C=O) groups is 1. The van der Waals surface area contributed by atoms with Crippen LogP contribution in [-0.4, -0.2) is 31.2 Å². The maximum absolute atomic E-state index is 9.60. The second-order valence-corrected chi connectivity index (χ2v) is 7.02. The van der Waals surface area contributed by atoms with Gasteiger partial charge in [0.25, 0.3) is 6.47 Å². The van der Waals surface area contributed by atoms with Crippen LogP contribution in [0.2, 0.25) is 0 Å². The van der Waals surface area contributed by atoms with E-state index in [-0.39, 0.29) is 5.60 Å². The van der Waals surface area contributed by atoms with E-state index < -0.39 is 0 Å². The fourth-order valence-corrected chi connectivity index (χ4v) is 3.03. The Bertz CT molecular complexity index is 617. The Morgan fingerprint density at radius 1 is 1.32 bits per heavy atom. The van der Waals surface area contributed by atoms with E-state index in [4.69, 9.17) is 4.74 Å². The molecular weight excluding hydrogens is 336 g/mol. The summed E-state index contributed by atoms with van der Waals surface area (Å²) in [6.45, 7) is 12.1. The number of ether oxygens (including phenoxy) is 2. The lowest BCUT2D eigenvalue weighted by atomic mass is 10.2. The maximum atomic E-state index is 9.60. The van der Waals surface area contributed by atoms with E-state index in [9.17, 15) is 4.79 Å². The average molecular weight is 369 g/mol. The quantitative estimate of drug-likeness (QED) is 0.756. The average Bonchev–Trinajstić information content (AvgIpc) is 3.00. The molecule has 0 saturated heterocycles. The Labute approximate surface area is 155 Å². The molecule has 0 saturated carbocycles. The topological polar surface area (TPSA) is 60.5 Å². The van der Waals surface area contributed by atoms with Gasteiger partial charge in [-0.3, -0.25) is 4.79 Å². The van der Waals surface area contributed by atoms with Crippen molar-refractivity contribution in [2.75, 3.05) is 14.2 Å². The normalized spacial score (nSPS) is 11.5. The first-order valence-electron chi connectivity index (χ1n) is 8.57. The molecule has 25 heavy (non-hydrogen) atoms. The van der Waals surface area contributed by atoms with Crippen LogP contribution in [0.3, 0.4) is 0 Å². The standard InChI is InChI=1S/C12H16N2OS.C5H10O2.C2H6/c1-4-9(13-2)12-14-10-6-5-8(15-3)7-11(10)16-12;1-5(2,3)7-4-6;1-2/h5-7,9,13H,4H2,1-3H3;4H,1-3H3;1-2H3. The third-order valence-corrected chi connectivity index (χ3v) is 4.20. The van der Waals surface area contributed by atoms with Crippen molar-refractivity contribution in [1.82, 2.24) is 10.3 Å². The fraction of sp³-hybridized carbons (Fsp3) is 0.579. The Balaban J connectivity index is 0.000000544. The minimum absolute atomic E-state index is 0.318. The number of methoxy groups -OCH3 is 1. The lowest BCUT2D eigenvalue weighted by molar-refractivity contribution is -0.138. The van der Waals surface area contributed by atoms with Crippen LogP contribution in [-0.2, 0) is 9.53 Å². The predicted octanol–water partition coefficient (Wildman–Crippen LogP) is 4.96. The van der Waals surface area contributed by atoms with Gasteiger partial charge in [-0.15, -0.1) is 11.3 Å². The SMILES string of the molecule is CC.CC(C)(C)OC=O.CCC(NC)c1nc2ccc(OC)cc2s1. The van der Waals surface area contributed by atoms with Crippen LogP contribution in [0.4, 0.5) is 0 Å². The van der Waals surface area contributed by atoms with Gasteiger partial charge in [-0.2, -0.15) is 0 Å². The molecule has 0 aliphatic rings. The van der Waals surface area contributed by atoms with Gasteiger partial charge in [-0.05, 0) is 52.4 Å². The van der Waals surface area contributed by atoms with E-state index >= 15 is 0 Å². The number of fused-ring (bicyclic) bond motifs is 1. The molecule has 0 fully saturated rings. The molecule has 0 spiro atoms. The molecule has 6 heteroatoms. The van der Waals surface area contributed by atoms with Crippen molar-refractivity contribution in [2.45, 2.75) is 59.6 Å². The summed E-state index contributed by atoms with van der Waals surface area (Å²) in [7, 11) is 3.66. The second-order valence-electron chi connectivity index (χ2n) is 5.96. The Morgan fingerprint density at radius 2 is 1.96 bits per heavy atom. The summed E-state index contributed by atoms with van der Waals surface area (Å²) in [5.41, 5.74) is 0.733. The molecule has 0 aliphatic carbocycles. The third-order valence-electron chi connectivity index (χ3n) is 3.07. The van der Waals surface area contributed by atoms with Crippen LogP contribution in [0.1, 0.15) is 59.0 Å². The van der Waals surface area contributed by atoms with E-state index in [2.05, 4.69) is 22.0 Å². The van der Waals surface area contributed by atoms with Gasteiger partial charge in [-0.25, -0.2) is 4.98 Å². The van der Waals surface area contributed by atoms with Gasteiger partial charge in [-0.1, -0.05) is 20.8 Å². The molecule has 2 rings (SSSR count). The van der Waals surface area contributed by atoms with Crippen molar-refractivity contribution < 1.29 is 14.3 Å². The molecule has 2 aromatic rings. The molecule has 1 aromatic heterocycles. The van der Waals surface area contributed by atoms with E-state index in [1.54, 1.807) is 18.4 Å². The number of benzene rings is 1. The Kier molecular flexibility index (Phi) is 11.0. The molecule has 1 atom stereocenters. The molecule has 5 nitrogen and oxygen atoms in total. The molecule has 0 radical (unpaired) electrons. The Morgan fingerprint density at radius 3 is 2.36 bits per heavy atom. The number of nitrogens with one attached hydrogen (secondary N) is 1. The molecule has 0 aliphatic heterocycles. The smallest absolute Gasteiger partial charge is 0.293 e. The van der Waals surface area contributed by atoms with E-state index in [1.807, 2.05) is 59.9 Å².